The highest BCUT2D eigenvalue weighted by molar-refractivity contribution is 6.33. The number of para-hydroxylation sites is 1. The Labute approximate surface area is 104 Å². The Balaban J connectivity index is 2.15. The summed E-state index contributed by atoms with van der Waals surface area (Å²) in [6, 6.07) is 7.68. The fourth-order valence-corrected chi connectivity index (χ4v) is 2.08. The van der Waals surface area contributed by atoms with E-state index in [1.54, 1.807) is 6.92 Å². The molecule has 1 aromatic carbocycles. The van der Waals surface area contributed by atoms with Crippen LogP contribution in [0.25, 0.3) is 5.57 Å². The number of azo groups is 1. The van der Waals surface area contributed by atoms with E-state index in [9.17, 15) is 4.79 Å². The molecule has 0 saturated carbocycles. The van der Waals surface area contributed by atoms with Crippen molar-refractivity contribution in [2.75, 3.05) is 13.2 Å². The molecule has 0 fully saturated rings. The van der Waals surface area contributed by atoms with Crippen LogP contribution < -0.4 is 0 Å². The number of fused-ring (bicyclic) bond motifs is 3. The highest BCUT2D eigenvalue weighted by Gasteiger charge is 2.30. The first-order chi connectivity index (χ1) is 8.81. The Morgan fingerprint density at radius 3 is 3.06 bits per heavy atom. The van der Waals surface area contributed by atoms with E-state index < -0.39 is 5.97 Å². The lowest BCUT2D eigenvalue weighted by Crippen LogP contribution is -2.15. The van der Waals surface area contributed by atoms with Gasteiger partial charge in [-0.1, -0.05) is 18.2 Å². The highest BCUT2D eigenvalue weighted by atomic mass is 16.5. The molecule has 90 valence electrons. The summed E-state index contributed by atoms with van der Waals surface area (Å²) in [5.41, 5.74) is 3.59. The molecule has 18 heavy (non-hydrogen) atoms. The number of carbonyl (C=O) groups is 1. The lowest BCUT2D eigenvalue weighted by Gasteiger charge is -2.11. The fourth-order valence-electron chi connectivity index (χ4n) is 2.08. The summed E-state index contributed by atoms with van der Waals surface area (Å²) in [7, 11) is 0. The van der Waals surface area contributed by atoms with Gasteiger partial charge in [-0.2, -0.15) is 5.11 Å². The maximum Gasteiger partial charge on any atom is 0.359 e. The van der Waals surface area contributed by atoms with Crippen LogP contribution in [0.15, 0.2) is 45.2 Å². The van der Waals surface area contributed by atoms with Gasteiger partial charge in [-0.3, -0.25) is 4.99 Å². The van der Waals surface area contributed by atoms with Crippen molar-refractivity contribution in [1.29, 1.82) is 0 Å². The summed E-state index contributed by atoms with van der Waals surface area (Å²) in [4.78, 5) is 16.3. The predicted octanol–water partition coefficient (Wildman–Crippen LogP) is 2.51. The van der Waals surface area contributed by atoms with Crippen LogP contribution in [0, 0.1) is 0 Å². The molecule has 3 rings (SSSR count). The number of rotatable bonds is 2. The third-order valence-electron chi connectivity index (χ3n) is 2.81. The number of esters is 1. The number of carbonyl (C=O) groups excluding carboxylic acids is 1. The maximum absolute atomic E-state index is 11.9. The summed E-state index contributed by atoms with van der Waals surface area (Å²) in [6.07, 6.45) is 0. The van der Waals surface area contributed by atoms with Crippen molar-refractivity contribution in [3.8, 4) is 0 Å². The average Bonchev–Trinajstić information content (AvgIpc) is 2.77. The third kappa shape index (κ3) is 1.55. The number of hydrogen-bond acceptors (Lipinski definition) is 5. The molecule has 0 saturated heterocycles. The topological polar surface area (TPSA) is 63.4 Å². The van der Waals surface area contributed by atoms with E-state index in [1.807, 2.05) is 24.3 Å². The zero-order chi connectivity index (χ0) is 12.5. The predicted molar refractivity (Wildman–Crippen MR) is 66.8 cm³/mol. The fraction of sp³-hybridized carbons (Fsp3) is 0.231. The molecular formula is C13H11N3O2. The van der Waals surface area contributed by atoms with Gasteiger partial charge in [0.05, 0.1) is 18.0 Å². The van der Waals surface area contributed by atoms with Gasteiger partial charge in [0.25, 0.3) is 0 Å². The van der Waals surface area contributed by atoms with Crippen LogP contribution in [0.2, 0.25) is 0 Å². The normalized spacial score (nSPS) is 16.2. The van der Waals surface area contributed by atoms with Crippen molar-refractivity contribution < 1.29 is 9.53 Å². The summed E-state index contributed by atoms with van der Waals surface area (Å²) >= 11 is 0. The van der Waals surface area contributed by atoms with Crippen LogP contribution in [-0.2, 0) is 9.53 Å². The zero-order valence-corrected chi connectivity index (χ0v) is 9.88. The molecular weight excluding hydrogens is 230 g/mol. The molecule has 0 aromatic heterocycles. The zero-order valence-electron chi connectivity index (χ0n) is 9.88. The molecule has 0 bridgehead atoms. The molecule has 0 atom stereocenters. The van der Waals surface area contributed by atoms with Crippen LogP contribution in [0.5, 0.6) is 0 Å². The van der Waals surface area contributed by atoms with E-state index in [2.05, 4.69) is 15.2 Å². The maximum atomic E-state index is 11.9. The Bertz CT molecular complexity index is 614. The Morgan fingerprint density at radius 2 is 2.22 bits per heavy atom. The van der Waals surface area contributed by atoms with Crippen LogP contribution in [0.4, 0.5) is 5.69 Å². The van der Waals surface area contributed by atoms with Gasteiger partial charge in [-0.25, -0.2) is 4.79 Å². The van der Waals surface area contributed by atoms with Gasteiger partial charge in [-0.15, -0.1) is 5.11 Å². The van der Waals surface area contributed by atoms with Crippen molar-refractivity contribution >= 4 is 22.9 Å². The Morgan fingerprint density at radius 1 is 1.39 bits per heavy atom. The third-order valence-corrected chi connectivity index (χ3v) is 2.81. The van der Waals surface area contributed by atoms with E-state index in [0.29, 0.717) is 13.2 Å². The quantitative estimate of drug-likeness (QED) is 0.747. The van der Waals surface area contributed by atoms with Gasteiger partial charge in [0.2, 0.25) is 0 Å². The summed E-state index contributed by atoms with van der Waals surface area (Å²) in [6.45, 7) is 2.49. The Hall–Kier alpha value is -2.30. The molecule has 5 nitrogen and oxygen atoms in total. The summed E-state index contributed by atoms with van der Waals surface area (Å²) < 4.78 is 5.00. The SMILES string of the molecule is CCOC(=O)C1=C2C(=Nc3ccccc32)CN=N1. The number of ether oxygens (including phenoxy) is 1. The summed E-state index contributed by atoms with van der Waals surface area (Å²) in [5, 5.41) is 7.86. The van der Waals surface area contributed by atoms with Crippen molar-refractivity contribution in [1.82, 2.24) is 0 Å². The second kappa shape index (κ2) is 4.18. The molecule has 1 aromatic rings. The molecule has 0 spiro atoms. The molecule has 0 unspecified atom stereocenters. The number of aliphatic imine (C=N–C) groups is 1. The van der Waals surface area contributed by atoms with Crippen LogP contribution in [0.1, 0.15) is 12.5 Å². The molecule has 2 heterocycles. The Kier molecular flexibility index (Phi) is 2.51. The van der Waals surface area contributed by atoms with Crippen LogP contribution >= 0.6 is 0 Å². The first kappa shape index (κ1) is 10.8. The van der Waals surface area contributed by atoms with E-state index in [0.717, 1.165) is 22.5 Å². The minimum atomic E-state index is -0.444. The van der Waals surface area contributed by atoms with Gasteiger partial charge in [-0.05, 0) is 13.0 Å². The smallest absolute Gasteiger partial charge is 0.359 e. The minimum absolute atomic E-state index is 0.256. The van der Waals surface area contributed by atoms with Gasteiger partial charge in [0.1, 0.15) is 6.54 Å². The molecule has 0 radical (unpaired) electrons. The van der Waals surface area contributed by atoms with Gasteiger partial charge in [0, 0.05) is 11.1 Å². The van der Waals surface area contributed by atoms with Crippen LogP contribution in [0.3, 0.4) is 0 Å². The molecule has 0 N–H and O–H groups in total. The highest BCUT2D eigenvalue weighted by Crippen LogP contribution is 2.38. The second-order valence-corrected chi connectivity index (χ2v) is 3.92. The molecule has 5 heteroatoms. The van der Waals surface area contributed by atoms with E-state index in [1.165, 1.54) is 0 Å². The van der Waals surface area contributed by atoms with Crippen molar-refractivity contribution in [2.45, 2.75) is 6.92 Å². The number of nitrogens with zero attached hydrogens (tertiary/aromatic N) is 3. The largest absolute Gasteiger partial charge is 0.461 e. The van der Waals surface area contributed by atoms with E-state index in [-0.39, 0.29) is 5.70 Å². The molecule has 0 amide bonds. The lowest BCUT2D eigenvalue weighted by molar-refractivity contribution is -0.138. The van der Waals surface area contributed by atoms with E-state index >= 15 is 0 Å². The first-order valence-electron chi connectivity index (χ1n) is 5.77. The number of benzene rings is 1. The van der Waals surface area contributed by atoms with Crippen molar-refractivity contribution in [2.24, 2.45) is 15.2 Å². The van der Waals surface area contributed by atoms with Gasteiger partial charge < -0.3 is 4.74 Å². The first-order valence-corrected chi connectivity index (χ1v) is 5.77. The molecule has 2 aliphatic rings. The second-order valence-electron chi connectivity index (χ2n) is 3.92. The monoisotopic (exact) mass is 241 g/mol. The molecule has 2 aliphatic heterocycles. The van der Waals surface area contributed by atoms with Gasteiger partial charge >= 0.3 is 5.97 Å². The molecule has 0 aliphatic carbocycles. The minimum Gasteiger partial charge on any atom is -0.461 e. The number of hydrogen-bond donors (Lipinski definition) is 0. The van der Waals surface area contributed by atoms with E-state index in [4.69, 9.17) is 4.74 Å². The van der Waals surface area contributed by atoms with Crippen molar-refractivity contribution in [3.63, 3.8) is 0 Å². The average molecular weight is 241 g/mol. The lowest BCUT2D eigenvalue weighted by atomic mass is 10.00. The standard InChI is InChI=1S/C13H11N3O2/c1-2-18-13(17)12-11-8-5-3-4-6-9(8)15-10(11)7-14-16-12/h3-6H,2,7H2,1H3. The van der Waals surface area contributed by atoms with Crippen molar-refractivity contribution in [3.05, 3.63) is 35.5 Å². The summed E-state index contributed by atoms with van der Waals surface area (Å²) in [5.74, 6) is -0.444. The van der Waals surface area contributed by atoms with Crippen LogP contribution in [-0.4, -0.2) is 24.8 Å². The van der Waals surface area contributed by atoms with Gasteiger partial charge in [0.15, 0.2) is 5.70 Å².